The first-order valence-electron chi connectivity index (χ1n) is 15.8. The van der Waals surface area contributed by atoms with Crippen LogP contribution in [0.1, 0.15) is 74.9 Å². The van der Waals surface area contributed by atoms with Crippen molar-refractivity contribution in [1.82, 2.24) is 9.97 Å². The molecule has 0 spiro atoms. The van der Waals surface area contributed by atoms with Crippen LogP contribution in [0.25, 0.3) is 33.6 Å². The molecule has 4 aromatic carbocycles. The molecule has 6 aromatic rings. The molecule has 0 amide bonds. The number of aromatic nitrogens is 2. The number of hydrogen-bond acceptors (Lipinski definition) is 2. The van der Waals surface area contributed by atoms with E-state index in [1.165, 1.54) is 33.4 Å². The molecule has 0 saturated carbocycles. The number of nitrogens with zero attached hydrogens (tertiary/aromatic N) is 2. The van der Waals surface area contributed by atoms with E-state index in [0.717, 1.165) is 33.6 Å². The number of fused-ring (bicyclic) bond motifs is 3. The predicted molar refractivity (Wildman–Crippen MR) is 185 cm³/mol. The maximum Gasteiger partial charge on any atom is 2.00 e. The van der Waals surface area contributed by atoms with Gasteiger partial charge in [-0.25, -0.2) is 0 Å². The summed E-state index contributed by atoms with van der Waals surface area (Å²) in [6, 6.07) is 46.9. The van der Waals surface area contributed by atoms with Crippen LogP contribution < -0.4 is 0 Å². The third-order valence-corrected chi connectivity index (χ3v) is 9.16. The van der Waals surface area contributed by atoms with Crippen molar-refractivity contribution < 1.29 is 21.1 Å². The van der Waals surface area contributed by atoms with Crippen molar-refractivity contribution in [1.29, 1.82) is 0 Å². The van der Waals surface area contributed by atoms with Gasteiger partial charge in [-0.3, -0.25) is 0 Å². The van der Waals surface area contributed by atoms with E-state index in [0.29, 0.717) is 0 Å². The minimum absolute atomic E-state index is 0. The van der Waals surface area contributed by atoms with Gasteiger partial charge in [-0.05, 0) is 55.6 Å². The molecule has 0 fully saturated rings. The normalized spacial score (nSPS) is 13.4. The average Bonchev–Trinajstić information content (AvgIpc) is 3.35. The molecule has 0 saturated heterocycles. The van der Waals surface area contributed by atoms with Crippen molar-refractivity contribution in [2.45, 2.75) is 57.8 Å². The van der Waals surface area contributed by atoms with Gasteiger partial charge in [0.05, 0.1) is 0 Å². The predicted octanol–water partition coefficient (Wildman–Crippen LogP) is 10.4. The third-order valence-electron chi connectivity index (χ3n) is 9.16. The Bertz CT molecular complexity index is 1860. The summed E-state index contributed by atoms with van der Waals surface area (Å²) in [7, 11) is 0. The first kappa shape index (κ1) is 31.8. The quantitative estimate of drug-likeness (QED) is 0.166. The third kappa shape index (κ3) is 5.37. The van der Waals surface area contributed by atoms with E-state index in [1.807, 2.05) is 12.4 Å². The minimum Gasteiger partial charge on any atom is -0.304 e. The van der Waals surface area contributed by atoms with E-state index in [-0.39, 0.29) is 31.9 Å². The molecule has 0 unspecified atom stereocenters. The van der Waals surface area contributed by atoms with Gasteiger partial charge in [0.2, 0.25) is 0 Å². The van der Waals surface area contributed by atoms with Crippen LogP contribution in [-0.2, 0) is 37.3 Å². The van der Waals surface area contributed by atoms with E-state index in [1.54, 1.807) is 0 Å². The van der Waals surface area contributed by atoms with Gasteiger partial charge in [0.25, 0.3) is 0 Å². The molecule has 2 nitrogen and oxygen atoms in total. The summed E-state index contributed by atoms with van der Waals surface area (Å²) >= 11 is 0. The first-order valence-corrected chi connectivity index (χ1v) is 15.8. The van der Waals surface area contributed by atoms with Crippen molar-refractivity contribution >= 4 is 0 Å². The van der Waals surface area contributed by atoms with Gasteiger partial charge in [0.1, 0.15) is 0 Å². The Hall–Kier alpha value is -4.13. The fourth-order valence-corrected chi connectivity index (χ4v) is 6.63. The van der Waals surface area contributed by atoms with Gasteiger partial charge < -0.3 is 9.97 Å². The van der Waals surface area contributed by atoms with Gasteiger partial charge in [-0.2, -0.15) is 0 Å². The molecule has 0 N–H and O–H groups in total. The molecular weight excluding hydrogens is 740 g/mol. The summed E-state index contributed by atoms with van der Waals surface area (Å²) in [4.78, 5) is 9.80. The zero-order valence-electron chi connectivity index (χ0n) is 27.3. The molecule has 0 radical (unpaired) electrons. The Labute approximate surface area is 288 Å². The zero-order chi connectivity index (χ0) is 31.4. The smallest absolute Gasteiger partial charge is 0.304 e. The Balaban J connectivity index is 0.00000372. The van der Waals surface area contributed by atoms with Crippen molar-refractivity contribution in [3.63, 3.8) is 0 Å². The summed E-state index contributed by atoms with van der Waals surface area (Å²) < 4.78 is 0. The second-order valence-electron chi connectivity index (χ2n) is 14.2. The minimum atomic E-state index is -0.615. The van der Waals surface area contributed by atoms with Gasteiger partial charge in [0.15, 0.2) is 0 Å². The van der Waals surface area contributed by atoms with Crippen LogP contribution in [0.2, 0.25) is 0 Å². The van der Waals surface area contributed by atoms with Crippen LogP contribution in [0.3, 0.4) is 0 Å². The van der Waals surface area contributed by atoms with Crippen molar-refractivity contribution in [3.8, 4) is 33.6 Å². The molecule has 1 aliphatic carbocycles. The van der Waals surface area contributed by atoms with Gasteiger partial charge in [0, 0.05) is 17.8 Å². The summed E-state index contributed by atoms with van der Waals surface area (Å²) in [6.07, 6.45) is 4.00. The second-order valence-corrected chi connectivity index (χ2v) is 14.2. The Morgan fingerprint density at radius 2 is 0.891 bits per heavy atom. The summed E-state index contributed by atoms with van der Waals surface area (Å²) in [5, 5.41) is 0. The molecule has 230 valence electrons. The largest absolute Gasteiger partial charge is 2.00 e. The maximum atomic E-state index is 4.90. The summed E-state index contributed by atoms with van der Waals surface area (Å²) in [6.45, 7) is 13.3. The van der Waals surface area contributed by atoms with Crippen molar-refractivity contribution in [3.05, 3.63) is 167 Å². The van der Waals surface area contributed by atoms with Crippen LogP contribution >= 0.6 is 0 Å². The van der Waals surface area contributed by atoms with E-state index in [2.05, 4.69) is 163 Å². The Morgan fingerprint density at radius 3 is 1.26 bits per heavy atom. The molecule has 46 heavy (non-hydrogen) atoms. The number of pyridine rings is 2. The molecule has 2 heterocycles. The van der Waals surface area contributed by atoms with E-state index >= 15 is 0 Å². The van der Waals surface area contributed by atoms with E-state index in [9.17, 15) is 0 Å². The van der Waals surface area contributed by atoms with Crippen LogP contribution in [0.5, 0.6) is 0 Å². The first-order chi connectivity index (χ1) is 21.6. The zero-order valence-corrected chi connectivity index (χ0v) is 29.5. The number of rotatable bonds is 4. The molecule has 2 aromatic heterocycles. The molecule has 0 bridgehead atoms. The molecule has 3 heteroatoms. The van der Waals surface area contributed by atoms with E-state index in [4.69, 9.17) is 9.97 Å². The molecule has 0 atom stereocenters. The Morgan fingerprint density at radius 1 is 0.478 bits per heavy atom. The molecular formula is C43H38N2Pt. The second kappa shape index (κ2) is 11.9. The molecule has 7 rings (SSSR count). The van der Waals surface area contributed by atoms with Crippen molar-refractivity contribution in [2.75, 3.05) is 0 Å². The van der Waals surface area contributed by atoms with Gasteiger partial charge >= 0.3 is 21.1 Å². The maximum absolute atomic E-state index is 4.90. The standard InChI is InChI=1S/C43H38N2.Pt/c1-41(2,3)33-21-23-39(44-27-33)29-13-11-15-31(25-29)43(37-19-9-7-17-35(37)36-18-8-10-20-38(36)43)32-16-12-14-30(26-32)40-24-22-34(28-45-40)42(4,5)6;/h7-24,27-28H,1-6H3;/q-2;+2. The SMILES string of the molecule is CC(C)(C)c1ccc(-c2[c-]c(C3(c4[c-]c(-c5ccc(C(C)(C)C)cn5)ccc4)c4ccccc4-c4ccccc43)ccc2)nc1.[Pt+2]. The van der Waals surface area contributed by atoms with Crippen molar-refractivity contribution in [2.24, 2.45) is 0 Å². The fourth-order valence-electron chi connectivity index (χ4n) is 6.63. The van der Waals surface area contributed by atoms with Gasteiger partial charge in [-0.1, -0.05) is 114 Å². The number of hydrogen-bond donors (Lipinski definition) is 0. The van der Waals surface area contributed by atoms with Gasteiger partial charge in [-0.15, -0.1) is 70.8 Å². The monoisotopic (exact) mass is 777 g/mol. The molecule has 0 aliphatic heterocycles. The topological polar surface area (TPSA) is 25.8 Å². The summed E-state index contributed by atoms with van der Waals surface area (Å²) in [5.74, 6) is 0. The molecule has 1 aliphatic rings. The average molecular weight is 778 g/mol. The Kier molecular flexibility index (Phi) is 8.24. The van der Waals surface area contributed by atoms with E-state index < -0.39 is 5.41 Å². The summed E-state index contributed by atoms with van der Waals surface area (Å²) in [5.41, 5.74) is 12.8. The fraction of sp³-hybridized carbons (Fsp3) is 0.209. The van der Waals surface area contributed by atoms with Crippen LogP contribution in [0.4, 0.5) is 0 Å². The van der Waals surface area contributed by atoms with Crippen LogP contribution in [-0.4, -0.2) is 9.97 Å². The van der Waals surface area contributed by atoms with Crippen LogP contribution in [0, 0.1) is 12.1 Å². The van der Waals surface area contributed by atoms with Crippen LogP contribution in [0.15, 0.2) is 122 Å². The number of benzene rings is 4.